The molecule has 0 radical (unpaired) electrons. The maximum Gasteiger partial charge on any atom is 0.174 e. The SMILES string of the molecule is Clc1ccc(CCSC2=NC3=NCSC3=CN2c2ccc(Cl)cc2)cc1. The molecule has 0 amide bonds. The van der Waals surface area contributed by atoms with Gasteiger partial charge >= 0.3 is 0 Å². The van der Waals surface area contributed by atoms with E-state index in [1.807, 2.05) is 36.4 Å². The minimum Gasteiger partial charge on any atom is -0.295 e. The zero-order valence-electron chi connectivity index (χ0n) is 13.7. The summed E-state index contributed by atoms with van der Waals surface area (Å²) in [5.41, 5.74) is 2.31. The van der Waals surface area contributed by atoms with Crippen LogP contribution in [0.4, 0.5) is 5.69 Å². The van der Waals surface area contributed by atoms with Gasteiger partial charge in [0.25, 0.3) is 0 Å². The molecule has 132 valence electrons. The molecule has 2 aromatic carbocycles. The van der Waals surface area contributed by atoms with Crippen molar-refractivity contribution in [2.45, 2.75) is 6.42 Å². The highest BCUT2D eigenvalue weighted by molar-refractivity contribution is 8.14. The fourth-order valence-electron chi connectivity index (χ4n) is 2.61. The second-order valence-corrected chi connectivity index (χ2v) is 8.64. The van der Waals surface area contributed by atoms with Gasteiger partial charge in [-0.25, -0.2) is 4.99 Å². The molecule has 0 spiro atoms. The van der Waals surface area contributed by atoms with Gasteiger partial charge in [-0.15, -0.1) is 0 Å². The second kappa shape index (κ2) is 8.09. The highest BCUT2D eigenvalue weighted by atomic mass is 35.5. The molecular weight excluding hydrogens is 405 g/mol. The van der Waals surface area contributed by atoms with E-state index in [1.54, 1.807) is 23.5 Å². The van der Waals surface area contributed by atoms with E-state index < -0.39 is 0 Å². The number of anilines is 1. The minimum atomic E-state index is 0.727. The predicted molar refractivity (Wildman–Crippen MR) is 117 cm³/mol. The maximum atomic E-state index is 6.04. The topological polar surface area (TPSA) is 28.0 Å². The van der Waals surface area contributed by atoms with Crippen LogP contribution < -0.4 is 4.90 Å². The Kier molecular flexibility index (Phi) is 5.60. The zero-order chi connectivity index (χ0) is 17.9. The number of aryl methyl sites for hydroxylation is 1. The minimum absolute atomic E-state index is 0.727. The van der Waals surface area contributed by atoms with Crippen LogP contribution >= 0.6 is 46.7 Å². The number of benzene rings is 2. The van der Waals surface area contributed by atoms with Crippen molar-refractivity contribution in [2.24, 2.45) is 9.98 Å². The lowest BCUT2D eigenvalue weighted by molar-refractivity contribution is 1.16. The first-order valence-electron chi connectivity index (χ1n) is 8.09. The molecule has 0 saturated heterocycles. The van der Waals surface area contributed by atoms with E-state index in [0.29, 0.717) is 0 Å². The van der Waals surface area contributed by atoms with Crippen molar-refractivity contribution < 1.29 is 0 Å². The molecule has 0 unspecified atom stereocenters. The first kappa shape index (κ1) is 18.0. The third-order valence-corrected chi connectivity index (χ3v) is 6.26. The van der Waals surface area contributed by atoms with E-state index in [1.165, 1.54) is 5.56 Å². The summed E-state index contributed by atoms with van der Waals surface area (Å²) in [5, 5.41) is 2.43. The van der Waals surface area contributed by atoms with Crippen molar-refractivity contribution in [3.8, 4) is 0 Å². The Morgan fingerprint density at radius 1 is 1.00 bits per heavy atom. The molecule has 4 rings (SSSR count). The molecule has 0 saturated carbocycles. The van der Waals surface area contributed by atoms with Crippen molar-refractivity contribution >= 4 is 63.4 Å². The molecule has 0 aromatic heterocycles. The number of rotatable bonds is 4. The largest absolute Gasteiger partial charge is 0.295 e. The maximum absolute atomic E-state index is 6.04. The highest BCUT2D eigenvalue weighted by Crippen LogP contribution is 2.33. The van der Waals surface area contributed by atoms with E-state index in [0.717, 1.165) is 49.7 Å². The van der Waals surface area contributed by atoms with Gasteiger partial charge in [-0.05, 0) is 48.4 Å². The van der Waals surface area contributed by atoms with Gasteiger partial charge in [-0.2, -0.15) is 0 Å². The van der Waals surface area contributed by atoms with Crippen LogP contribution in [-0.4, -0.2) is 22.6 Å². The van der Waals surface area contributed by atoms with Crippen molar-refractivity contribution in [1.29, 1.82) is 0 Å². The van der Waals surface area contributed by atoms with Crippen LogP contribution in [0.15, 0.2) is 69.6 Å². The van der Waals surface area contributed by atoms with Crippen molar-refractivity contribution in [2.75, 3.05) is 16.5 Å². The Hall–Kier alpha value is -1.40. The average molecular weight is 420 g/mol. The van der Waals surface area contributed by atoms with Gasteiger partial charge in [0.1, 0.15) is 0 Å². The molecule has 2 aromatic rings. The molecule has 3 nitrogen and oxygen atoms in total. The molecule has 0 atom stereocenters. The summed E-state index contributed by atoms with van der Waals surface area (Å²) in [5.74, 6) is 2.50. The number of halogens is 2. The van der Waals surface area contributed by atoms with Gasteiger partial charge in [0, 0.05) is 27.7 Å². The van der Waals surface area contributed by atoms with Gasteiger partial charge in [0.2, 0.25) is 0 Å². The van der Waals surface area contributed by atoms with Crippen LogP contribution in [0.1, 0.15) is 5.56 Å². The summed E-state index contributed by atoms with van der Waals surface area (Å²) in [4.78, 5) is 12.5. The molecule has 2 aliphatic rings. The quantitative estimate of drug-likeness (QED) is 0.599. The van der Waals surface area contributed by atoms with Gasteiger partial charge in [0.15, 0.2) is 11.0 Å². The van der Waals surface area contributed by atoms with Crippen LogP contribution in [-0.2, 0) is 6.42 Å². The second-order valence-electron chi connectivity index (χ2n) is 5.71. The Morgan fingerprint density at radius 3 is 2.42 bits per heavy atom. The number of amidine groups is 2. The van der Waals surface area contributed by atoms with E-state index >= 15 is 0 Å². The summed E-state index contributed by atoms with van der Waals surface area (Å²) in [6.07, 6.45) is 3.07. The lowest BCUT2D eigenvalue weighted by Gasteiger charge is -2.25. The Morgan fingerprint density at radius 2 is 1.69 bits per heavy atom. The normalized spacial score (nSPS) is 16.1. The number of aliphatic imine (C=N–C) groups is 2. The lowest BCUT2D eigenvalue weighted by atomic mass is 10.2. The fraction of sp³-hybridized carbons (Fsp3) is 0.158. The average Bonchev–Trinajstić information content (AvgIpc) is 3.11. The highest BCUT2D eigenvalue weighted by Gasteiger charge is 2.25. The number of fused-ring (bicyclic) bond motifs is 1. The van der Waals surface area contributed by atoms with Crippen LogP contribution in [0.25, 0.3) is 0 Å². The summed E-state index contributed by atoms with van der Waals surface area (Å²) < 4.78 is 0. The monoisotopic (exact) mass is 419 g/mol. The van der Waals surface area contributed by atoms with E-state index in [-0.39, 0.29) is 0 Å². The van der Waals surface area contributed by atoms with Crippen LogP contribution in [0.2, 0.25) is 10.0 Å². The third-order valence-electron chi connectivity index (χ3n) is 3.95. The Labute approximate surface area is 171 Å². The number of hydrogen-bond donors (Lipinski definition) is 0. The van der Waals surface area contributed by atoms with Gasteiger partial charge < -0.3 is 0 Å². The number of nitrogens with zero attached hydrogens (tertiary/aromatic N) is 3. The van der Waals surface area contributed by atoms with E-state index in [9.17, 15) is 0 Å². The molecule has 0 aliphatic carbocycles. The Balaban J connectivity index is 1.51. The summed E-state index contributed by atoms with van der Waals surface area (Å²) in [7, 11) is 0. The predicted octanol–water partition coefficient (Wildman–Crippen LogP) is 6.09. The molecule has 0 N–H and O–H groups in total. The van der Waals surface area contributed by atoms with Gasteiger partial charge in [0.05, 0.1) is 10.8 Å². The van der Waals surface area contributed by atoms with Crippen molar-refractivity contribution in [3.63, 3.8) is 0 Å². The molecule has 0 fully saturated rings. The van der Waals surface area contributed by atoms with Gasteiger partial charge in [-0.3, -0.25) is 9.89 Å². The molecule has 26 heavy (non-hydrogen) atoms. The lowest BCUT2D eigenvalue weighted by Crippen LogP contribution is -2.28. The third kappa shape index (κ3) is 4.12. The molecule has 2 heterocycles. The molecular formula is C19H15Cl2N3S2. The summed E-state index contributed by atoms with van der Waals surface area (Å²) in [6, 6.07) is 15.8. The molecule has 2 aliphatic heterocycles. The van der Waals surface area contributed by atoms with E-state index in [2.05, 4.69) is 28.2 Å². The van der Waals surface area contributed by atoms with Crippen molar-refractivity contribution in [1.82, 2.24) is 0 Å². The fourth-order valence-corrected chi connectivity index (χ4v) is 4.57. The van der Waals surface area contributed by atoms with Gasteiger partial charge in [-0.1, -0.05) is 58.9 Å². The summed E-state index contributed by atoms with van der Waals surface area (Å²) >= 11 is 15.4. The summed E-state index contributed by atoms with van der Waals surface area (Å²) in [6.45, 7) is 0. The molecule has 0 bridgehead atoms. The number of thioether (sulfide) groups is 2. The smallest absolute Gasteiger partial charge is 0.174 e. The number of hydrogen-bond acceptors (Lipinski definition) is 5. The van der Waals surface area contributed by atoms with E-state index in [4.69, 9.17) is 28.2 Å². The Bertz CT molecular complexity index is 890. The van der Waals surface area contributed by atoms with Crippen LogP contribution in [0, 0.1) is 0 Å². The van der Waals surface area contributed by atoms with Crippen LogP contribution in [0.5, 0.6) is 0 Å². The van der Waals surface area contributed by atoms with Crippen LogP contribution in [0.3, 0.4) is 0 Å². The zero-order valence-corrected chi connectivity index (χ0v) is 16.9. The molecule has 7 heteroatoms. The van der Waals surface area contributed by atoms with Crippen molar-refractivity contribution in [3.05, 3.63) is 75.2 Å². The first-order valence-corrected chi connectivity index (χ1v) is 10.8. The standard InChI is InChI=1S/C19H15Cl2N3S2/c20-14-3-1-13(2-4-14)9-10-25-19-23-18-17(26-12-22-18)11-24(19)16-7-5-15(21)6-8-16/h1-8,11H,9-10,12H2. The first-order chi connectivity index (χ1) is 12.7.